The van der Waals surface area contributed by atoms with Gasteiger partial charge in [0.2, 0.25) is 0 Å². The fourth-order valence-corrected chi connectivity index (χ4v) is 0. The summed E-state index contributed by atoms with van der Waals surface area (Å²) in [5, 5.41) is 0. The predicted molar refractivity (Wildman–Crippen MR) is 2.06 cm³/mol. The minimum atomic E-state index is -2.00. The molecule has 0 aliphatic heterocycles. The average Bonchev–Trinajstić information content (AvgIpc) is 1.46. The summed E-state index contributed by atoms with van der Waals surface area (Å²) >= 11 is 0.938. The summed E-state index contributed by atoms with van der Waals surface area (Å²) in [4.78, 5) is 0. The zero-order chi connectivity index (χ0) is 4.71. The van der Waals surface area contributed by atoms with E-state index in [1.165, 1.54) is 0 Å². The molecule has 0 aliphatic rings. The number of rotatable bonds is 0. The first-order chi connectivity index (χ1) is 2.41. The molecule has 5 heavy (non-hydrogen) atoms. The monoisotopic (exact) mass is 159 g/mol. The minimum absolute atomic E-state index is 2.00. The molecule has 0 saturated carbocycles. The van der Waals surface area contributed by atoms with E-state index in [1.54, 1.807) is 0 Å². The Kier molecular flexibility index (Phi) is 42.0. The van der Waals surface area contributed by atoms with Crippen LogP contribution < -0.4 is 0 Å². The van der Waals surface area contributed by atoms with E-state index >= 15 is 0 Å². The van der Waals surface area contributed by atoms with Crippen molar-refractivity contribution in [2.24, 2.45) is 0 Å². The van der Waals surface area contributed by atoms with Crippen molar-refractivity contribution in [2.75, 3.05) is 0 Å². The molecule has 5 heteroatoms. The Morgan fingerprint density at radius 2 is 1.20 bits per heavy atom. The zero-order valence-electron chi connectivity index (χ0n) is 2.03. The van der Waals surface area contributed by atoms with Crippen LogP contribution in [-0.2, 0) is 45.5 Å². The Labute approximate surface area is 45.7 Å². The zero-order valence-corrected chi connectivity index (χ0v) is 4.53. The van der Waals surface area contributed by atoms with Gasteiger partial charge in [-0.15, -0.1) is 0 Å². The van der Waals surface area contributed by atoms with Gasteiger partial charge in [0, 0.05) is 0 Å². The van der Waals surface area contributed by atoms with E-state index < -0.39 is 19.1 Å². The summed E-state index contributed by atoms with van der Waals surface area (Å²) in [5.74, 6) is 0. The van der Waals surface area contributed by atoms with Crippen molar-refractivity contribution in [1.82, 2.24) is 0 Å². The summed E-state index contributed by atoms with van der Waals surface area (Å²) < 4.78 is 24.8. The van der Waals surface area contributed by atoms with Crippen molar-refractivity contribution in [1.29, 1.82) is 0 Å². The van der Waals surface area contributed by atoms with E-state index in [-0.39, 0.29) is 0 Å². The van der Waals surface area contributed by atoms with Crippen LogP contribution in [0.15, 0.2) is 0 Å². The molecule has 0 bridgehead atoms. The summed E-state index contributed by atoms with van der Waals surface area (Å²) in [6, 6.07) is 0. The first kappa shape index (κ1) is 9.16. The maximum atomic E-state index is 8.50. The molecule has 3 nitrogen and oxygen atoms in total. The molecule has 0 unspecified atom stereocenters. The van der Waals surface area contributed by atoms with Crippen LogP contribution in [0.5, 0.6) is 0 Å². The standard InChI is InChI=1S/Cu.3O.Ti. The molecule has 0 atom stereocenters. The van der Waals surface area contributed by atoms with E-state index in [0.717, 1.165) is 0 Å². The van der Waals surface area contributed by atoms with Crippen molar-refractivity contribution in [3.05, 3.63) is 0 Å². The van der Waals surface area contributed by atoms with Crippen molar-refractivity contribution in [2.45, 2.75) is 0 Å². The molecule has 0 fully saturated rings. The first-order valence-electron chi connectivity index (χ1n) is 0.531. The topological polar surface area (TPSA) is 51.2 Å². The summed E-state index contributed by atoms with van der Waals surface area (Å²) in [6.07, 6.45) is 0. The third-order valence-corrected chi connectivity index (χ3v) is 0. The third-order valence-electron chi connectivity index (χ3n) is 0. The summed E-state index contributed by atoms with van der Waals surface area (Å²) in [6.45, 7) is 0. The van der Waals surface area contributed by atoms with Gasteiger partial charge in [0.1, 0.15) is 0 Å². The molecule has 0 radical (unpaired) electrons. The van der Waals surface area contributed by atoms with E-state index in [2.05, 4.69) is 15.9 Å². The van der Waals surface area contributed by atoms with Crippen molar-refractivity contribution in [3.63, 3.8) is 0 Å². The molecule has 0 aromatic heterocycles. The van der Waals surface area contributed by atoms with E-state index in [4.69, 9.17) is 10.5 Å². The molecule has 0 spiro atoms. The fraction of sp³-hybridized carbons (Fsp3) is 0. The Hall–Kier alpha value is 0.634. The van der Waals surface area contributed by atoms with Crippen molar-refractivity contribution in [3.8, 4) is 0 Å². The average molecular weight is 159 g/mol. The van der Waals surface area contributed by atoms with Gasteiger partial charge in [0.25, 0.3) is 0 Å². The van der Waals surface area contributed by atoms with Gasteiger partial charge in [-0.2, -0.15) is 0 Å². The molecule has 0 saturated heterocycles. The Bertz CT molecular complexity index is 36.2. The second-order valence-corrected chi connectivity index (χ2v) is 0.344. The normalized spacial score (nSPS) is 2.80. The second kappa shape index (κ2) is 22.9. The van der Waals surface area contributed by atoms with Crippen LogP contribution in [0.4, 0.5) is 0 Å². The van der Waals surface area contributed by atoms with Gasteiger partial charge >= 0.3 is 45.5 Å². The predicted octanol–water partition coefficient (Wildman–Crippen LogP) is -0.361. The molecule has 33 valence electrons. The molecule has 0 aromatic carbocycles. The Morgan fingerprint density at radius 3 is 1.20 bits per heavy atom. The van der Waals surface area contributed by atoms with Gasteiger partial charge in [-0.3, -0.25) is 0 Å². The molecule has 0 aromatic rings. The van der Waals surface area contributed by atoms with E-state index in [9.17, 15) is 0 Å². The second-order valence-electron chi connectivity index (χ2n) is 0.0833. The Balaban J connectivity index is 0. The van der Waals surface area contributed by atoms with Crippen molar-refractivity contribution < 1.29 is 45.5 Å². The van der Waals surface area contributed by atoms with Gasteiger partial charge in [0.05, 0.1) is 0 Å². The molecule has 0 heterocycles. The Morgan fingerprint density at radius 1 is 1.20 bits per heavy atom. The quantitative estimate of drug-likeness (QED) is 0.454. The molecular weight excluding hydrogens is 159 g/mol. The van der Waals surface area contributed by atoms with Crippen LogP contribution in [0, 0.1) is 0 Å². The third kappa shape index (κ3) is 80.0. The van der Waals surface area contributed by atoms with Crippen LogP contribution in [-0.4, -0.2) is 0 Å². The summed E-state index contributed by atoms with van der Waals surface area (Å²) in [5.41, 5.74) is 0. The van der Waals surface area contributed by atoms with Gasteiger partial charge < -0.3 is 0 Å². The summed E-state index contributed by atoms with van der Waals surface area (Å²) in [7, 11) is 0. The molecular formula is CuO3Ti. The molecule has 0 N–H and O–H groups in total. The maximum absolute atomic E-state index is 8.50. The number of hydrogen-bond acceptors (Lipinski definition) is 3. The van der Waals surface area contributed by atoms with Gasteiger partial charge in [-0.05, 0) is 0 Å². The molecule has 0 rings (SSSR count). The van der Waals surface area contributed by atoms with Crippen LogP contribution in [0.25, 0.3) is 0 Å². The van der Waals surface area contributed by atoms with Crippen LogP contribution in [0.2, 0.25) is 0 Å². The van der Waals surface area contributed by atoms with Crippen LogP contribution in [0.1, 0.15) is 0 Å². The van der Waals surface area contributed by atoms with Gasteiger partial charge in [-0.25, -0.2) is 0 Å². The SMILES string of the molecule is [O]=[Cu].[O]=[Ti]=[O]. The number of hydrogen-bond donors (Lipinski definition) is 0. The van der Waals surface area contributed by atoms with Crippen molar-refractivity contribution >= 4 is 0 Å². The molecule has 0 amide bonds. The fourth-order valence-electron chi connectivity index (χ4n) is 0. The first-order valence-corrected chi connectivity index (χ1v) is 2.19. The van der Waals surface area contributed by atoms with Crippen LogP contribution in [0.3, 0.4) is 0 Å². The molecule has 0 aliphatic carbocycles. The van der Waals surface area contributed by atoms with E-state index in [1.807, 2.05) is 0 Å². The van der Waals surface area contributed by atoms with Crippen LogP contribution >= 0.6 is 0 Å². The van der Waals surface area contributed by atoms with Gasteiger partial charge in [0.15, 0.2) is 0 Å². The van der Waals surface area contributed by atoms with Gasteiger partial charge in [-0.1, -0.05) is 0 Å². The van der Waals surface area contributed by atoms with E-state index in [0.29, 0.717) is 0 Å².